The van der Waals surface area contributed by atoms with Gasteiger partial charge < -0.3 is 9.84 Å². The van der Waals surface area contributed by atoms with Crippen LogP contribution in [0, 0.1) is 5.92 Å². The van der Waals surface area contributed by atoms with Crippen molar-refractivity contribution in [3.8, 4) is 0 Å². The third kappa shape index (κ3) is 3.65. The van der Waals surface area contributed by atoms with E-state index in [1.165, 1.54) is 6.08 Å². The Kier molecular flexibility index (Phi) is 4.22. The molecule has 7 heteroatoms. The number of phosphoric acid groups is 1. The zero-order valence-electron chi connectivity index (χ0n) is 9.88. The lowest BCUT2D eigenvalue weighted by atomic mass is 9.84. The molecule has 1 saturated heterocycles. The van der Waals surface area contributed by atoms with Crippen LogP contribution in [-0.2, 0) is 9.09 Å². The molecule has 2 atom stereocenters. The Bertz CT molecular complexity index is 417. The van der Waals surface area contributed by atoms with Crippen LogP contribution in [0.2, 0.25) is 0 Å². The summed E-state index contributed by atoms with van der Waals surface area (Å²) in [4.78, 5) is 17.4. The molecule has 2 aliphatic rings. The molecule has 1 aliphatic heterocycles. The normalized spacial score (nSPS) is 29.5. The summed E-state index contributed by atoms with van der Waals surface area (Å²) in [6.45, 7) is 1.18. The van der Waals surface area contributed by atoms with Crippen molar-refractivity contribution in [2.45, 2.75) is 25.4 Å². The highest BCUT2D eigenvalue weighted by molar-refractivity contribution is 7.46. The van der Waals surface area contributed by atoms with Gasteiger partial charge in [-0.25, -0.2) is 8.96 Å². The van der Waals surface area contributed by atoms with Gasteiger partial charge in [0.2, 0.25) is 0 Å². The zero-order chi connectivity index (χ0) is 13.2. The standard InChI is InChI=1S/C11H17FNO4P/c12-11-7-13-6-5-10(11)8-1-3-9(4-2-8)17-18(14,15)16/h1,3,10-11,13H,2,4-7H2,(H2,14,15,16)/t10-,11?/m0/s1. The van der Waals surface area contributed by atoms with Gasteiger partial charge >= 0.3 is 7.82 Å². The second-order valence-corrected chi connectivity index (χ2v) is 5.74. The molecule has 5 nitrogen and oxygen atoms in total. The van der Waals surface area contributed by atoms with E-state index in [-0.39, 0.29) is 11.7 Å². The Labute approximate surface area is 105 Å². The number of allylic oxidation sites excluding steroid dienone is 4. The van der Waals surface area contributed by atoms with E-state index in [0.717, 1.165) is 18.5 Å². The maximum atomic E-state index is 13.7. The van der Waals surface area contributed by atoms with Crippen molar-refractivity contribution in [2.24, 2.45) is 5.92 Å². The molecule has 0 radical (unpaired) electrons. The van der Waals surface area contributed by atoms with Crippen molar-refractivity contribution < 1.29 is 23.3 Å². The minimum absolute atomic E-state index is 0.0842. The summed E-state index contributed by atoms with van der Waals surface area (Å²) in [5, 5.41) is 3.00. The van der Waals surface area contributed by atoms with Gasteiger partial charge in [-0.3, -0.25) is 9.79 Å². The maximum absolute atomic E-state index is 13.7. The lowest BCUT2D eigenvalue weighted by Crippen LogP contribution is -2.39. The fraction of sp³-hybridized carbons (Fsp3) is 0.636. The number of halogens is 1. The molecule has 3 N–H and O–H groups in total. The maximum Gasteiger partial charge on any atom is 0.524 e. The van der Waals surface area contributed by atoms with Crippen LogP contribution in [0.4, 0.5) is 4.39 Å². The van der Waals surface area contributed by atoms with Gasteiger partial charge in [-0.05, 0) is 25.5 Å². The lowest BCUT2D eigenvalue weighted by Gasteiger charge is -2.30. The highest BCUT2D eigenvalue weighted by Gasteiger charge is 2.29. The SMILES string of the molecule is O=P(O)(O)OC1=CC=C([C@@H]2CCNCC2F)CC1. The van der Waals surface area contributed by atoms with Crippen molar-refractivity contribution in [3.05, 3.63) is 23.5 Å². The molecular formula is C11H17FNO4P. The molecule has 1 aliphatic carbocycles. The molecule has 0 aromatic heterocycles. The topological polar surface area (TPSA) is 78.8 Å². The number of rotatable bonds is 3. The molecular weight excluding hydrogens is 260 g/mol. The summed E-state index contributed by atoms with van der Waals surface area (Å²) < 4.78 is 28.9. The van der Waals surface area contributed by atoms with Crippen molar-refractivity contribution in [3.63, 3.8) is 0 Å². The van der Waals surface area contributed by atoms with Crippen molar-refractivity contribution in [2.75, 3.05) is 13.1 Å². The number of phosphoric ester groups is 1. The summed E-state index contributed by atoms with van der Waals surface area (Å²) in [5.74, 6) is 0.176. The predicted molar refractivity (Wildman–Crippen MR) is 64.4 cm³/mol. The third-order valence-electron chi connectivity index (χ3n) is 3.26. The fourth-order valence-corrected chi connectivity index (χ4v) is 2.87. The molecule has 2 rings (SSSR count). The van der Waals surface area contributed by atoms with Crippen LogP contribution in [0.3, 0.4) is 0 Å². The minimum atomic E-state index is -4.48. The minimum Gasteiger partial charge on any atom is -0.409 e. The van der Waals surface area contributed by atoms with Crippen molar-refractivity contribution in [1.29, 1.82) is 0 Å². The molecule has 1 fully saturated rings. The van der Waals surface area contributed by atoms with E-state index in [1.54, 1.807) is 6.08 Å². The lowest BCUT2D eigenvalue weighted by molar-refractivity contribution is 0.199. The van der Waals surface area contributed by atoms with Crippen LogP contribution in [0.25, 0.3) is 0 Å². The van der Waals surface area contributed by atoms with E-state index in [0.29, 0.717) is 19.4 Å². The highest BCUT2D eigenvalue weighted by atomic mass is 31.2. The molecule has 0 amide bonds. The number of hydrogen-bond acceptors (Lipinski definition) is 3. The van der Waals surface area contributed by atoms with Crippen LogP contribution in [0.15, 0.2) is 23.5 Å². The van der Waals surface area contributed by atoms with Crippen molar-refractivity contribution >= 4 is 7.82 Å². The summed E-state index contributed by atoms with van der Waals surface area (Å²) >= 11 is 0. The quantitative estimate of drug-likeness (QED) is 0.684. The number of hydrogen-bond donors (Lipinski definition) is 3. The molecule has 0 spiro atoms. The van der Waals surface area contributed by atoms with E-state index in [2.05, 4.69) is 9.84 Å². The van der Waals surface area contributed by atoms with Gasteiger partial charge in [0.1, 0.15) is 11.9 Å². The summed E-state index contributed by atoms with van der Waals surface area (Å²) in [5.41, 5.74) is 1.00. The second-order valence-electron chi connectivity index (χ2n) is 4.57. The van der Waals surface area contributed by atoms with Crippen LogP contribution in [0.5, 0.6) is 0 Å². The Hall–Kier alpha value is -0.680. The summed E-state index contributed by atoms with van der Waals surface area (Å²) in [6.07, 6.45) is 4.15. The van der Waals surface area contributed by atoms with E-state index >= 15 is 0 Å². The fourth-order valence-electron chi connectivity index (χ4n) is 2.41. The molecule has 0 bridgehead atoms. The molecule has 1 heterocycles. The van der Waals surface area contributed by atoms with Gasteiger partial charge in [-0.15, -0.1) is 0 Å². The Morgan fingerprint density at radius 2 is 2.17 bits per heavy atom. The average molecular weight is 277 g/mol. The summed E-state index contributed by atoms with van der Waals surface area (Å²) in [7, 11) is -4.48. The molecule has 102 valence electrons. The Morgan fingerprint density at radius 3 is 2.72 bits per heavy atom. The van der Waals surface area contributed by atoms with E-state index in [1.807, 2.05) is 0 Å². The van der Waals surface area contributed by atoms with Crippen LogP contribution >= 0.6 is 7.82 Å². The van der Waals surface area contributed by atoms with Crippen LogP contribution < -0.4 is 5.32 Å². The largest absolute Gasteiger partial charge is 0.524 e. The van der Waals surface area contributed by atoms with E-state index in [4.69, 9.17) is 9.79 Å². The molecule has 18 heavy (non-hydrogen) atoms. The number of alkyl halides is 1. The highest BCUT2D eigenvalue weighted by Crippen LogP contribution is 2.42. The first-order chi connectivity index (χ1) is 8.46. The third-order valence-corrected chi connectivity index (χ3v) is 3.74. The Balaban J connectivity index is 2.02. The second kappa shape index (κ2) is 5.53. The van der Waals surface area contributed by atoms with Crippen LogP contribution in [0.1, 0.15) is 19.3 Å². The molecule has 0 saturated carbocycles. The van der Waals surface area contributed by atoms with Gasteiger partial charge in [0.15, 0.2) is 0 Å². The monoisotopic (exact) mass is 277 g/mol. The first kappa shape index (κ1) is 13.7. The molecule has 0 aromatic rings. The first-order valence-corrected chi connectivity index (χ1v) is 7.48. The zero-order valence-corrected chi connectivity index (χ0v) is 10.8. The van der Waals surface area contributed by atoms with Gasteiger partial charge in [0.05, 0.1) is 0 Å². The molecule has 0 aromatic carbocycles. The summed E-state index contributed by atoms with van der Waals surface area (Å²) in [6, 6.07) is 0. The van der Waals surface area contributed by atoms with Crippen LogP contribution in [-0.4, -0.2) is 29.0 Å². The van der Waals surface area contributed by atoms with Gasteiger partial charge in [0, 0.05) is 18.9 Å². The first-order valence-electron chi connectivity index (χ1n) is 5.95. The molecule has 1 unspecified atom stereocenters. The number of piperidine rings is 1. The van der Waals surface area contributed by atoms with Gasteiger partial charge in [-0.2, -0.15) is 0 Å². The van der Waals surface area contributed by atoms with Gasteiger partial charge in [-0.1, -0.05) is 11.6 Å². The number of nitrogens with one attached hydrogen (secondary N) is 1. The average Bonchev–Trinajstić information content (AvgIpc) is 2.29. The van der Waals surface area contributed by atoms with E-state index < -0.39 is 14.0 Å². The Morgan fingerprint density at radius 1 is 1.39 bits per heavy atom. The smallest absolute Gasteiger partial charge is 0.409 e. The van der Waals surface area contributed by atoms with Crippen molar-refractivity contribution in [1.82, 2.24) is 5.32 Å². The van der Waals surface area contributed by atoms with Gasteiger partial charge in [0.25, 0.3) is 0 Å². The van der Waals surface area contributed by atoms with E-state index in [9.17, 15) is 8.96 Å². The predicted octanol–water partition coefficient (Wildman–Crippen LogP) is 1.65.